The summed E-state index contributed by atoms with van der Waals surface area (Å²) in [5, 5.41) is 2.87. The van der Waals surface area contributed by atoms with Gasteiger partial charge in [0, 0.05) is 23.7 Å². The average molecular weight is 275 g/mol. The van der Waals surface area contributed by atoms with Crippen LogP contribution in [0.2, 0.25) is 0 Å². The average Bonchev–Trinajstić information content (AvgIpc) is 2.47. The lowest BCUT2D eigenvalue weighted by Gasteiger charge is -2.10. The van der Waals surface area contributed by atoms with Crippen molar-refractivity contribution in [2.75, 3.05) is 5.32 Å². The molecule has 0 radical (unpaired) electrons. The van der Waals surface area contributed by atoms with Crippen LogP contribution in [0.15, 0.2) is 48.5 Å². The van der Waals surface area contributed by atoms with Crippen LogP contribution in [-0.2, 0) is 12.4 Å². The third-order valence-electron chi connectivity index (χ3n) is 2.83. The van der Waals surface area contributed by atoms with Gasteiger partial charge in [-0.25, -0.2) is 0 Å². The Balaban J connectivity index is 2.20. The highest BCUT2D eigenvalue weighted by Crippen LogP contribution is 2.16. The minimum atomic E-state index is -0.159. The van der Waals surface area contributed by atoms with Gasteiger partial charge in [0.1, 0.15) is 0 Å². The molecule has 0 fully saturated rings. The Kier molecular flexibility index (Phi) is 4.55. The lowest BCUT2D eigenvalue weighted by atomic mass is 10.1. The molecule has 0 aliphatic heterocycles. The Labute approximate surface area is 117 Å². The summed E-state index contributed by atoms with van der Waals surface area (Å²) in [6.45, 7) is 0.387. The summed E-state index contributed by atoms with van der Waals surface area (Å²) < 4.78 is 0. The van der Waals surface area contributed by atoms with E-state index in [4.69, 9.17) is 17.3 Å². The number of carbonyl (C=O) groups is 1. The highest BCUT2D eigenvalue weighted by atomic mass is 35.5. The Hall–Kier alpha value is -1.84. The van der Waals surface area contributed by atoms with Crippen LogP contribution < -0.4 is 11.1 Å². The van der Waals surface area contributed by atoms with E-state index < -0.39 is 0 Å². The molecule has 0 spiro atoms. The second-order valence-electron chi connectivity index (χ2n) is 4.15. The van der Waals surface area contributed by atoms with Crippen LogP contribution in [-0.4, -0.2) is 5.91 Å². The van der Waals surface area contributed by atoms with E-state index in [1.165, 1.54) is 0 Å². The molecule has 0 atom stereocenters. The molecule has 0 saturated carbocycles. The number of rotatable bonds is 4. The maximum Gasteiger partial charge on any atom is 0.255 e. The fraction of sp³-hybridized carbons (Fsp3) is 0.133. The Morgan fingerprint density at radius 2 is 1.95 bits per heavy atom. The third kappa shape index (κ3) is 3.34. The molecule has 0 heterocycles. The quantitative estimate of drug-likeness (QED) is 0.842. The molecule has 1 amide bonds. The lowest BCUT2D eigenvalue weighted by molar-refractivity contribution is 0.102. The Morgan fingerprint density at radius 3 is 2.68 bits per heavy atom. The van der Waals surface area contributed by atoms with Crippen molar-refractivity contribution in [3.63, 3.8) is 0 Å². The molecule has 0 bridgehead atoms. The van der Waals surface area contributed by atoms with Crippen molar-refractivity contribution in [1.82, 2.24) is 0 Å². The third-order valence-corrected chi connectivity index (χ3v) is 3.14. The Bertz CT molecular complexity index is 584. The SMILES string of the molecule is NCc1ccccc1NC(=O)c1cccc(CCl)c1. The van der Waals surface area contributed by atoms with E-state index >= 15 is 0 Å². The maximum atomic E-state index is 12.2. The summed E-state index contributed by atoms with van der Waals surface area (Å²) in [7, 11) is 0. The molecule has 4 heteroatoms. The van der Waals surface area contributed by atoms with Gasteiger partial charge in [-0.3, -0.25) is 4.79 Å². The minimum Gasteiger partial charge on any atom is -0.326 e. The lowest BCUT2D eigenvalue weighted by Crippen LogP contribution is -2.14. The molecule has 0 aliphatic rings. The molecule has 3 N–H and O–H groups in total. The smallest absolute Gasteiger partial charge is 0.255 e. The number of hydrogen-bond donors (Lipinski definition) is 2. The molecular formula is C15H15ClN2O. The van der Waals surface area contributed by atoms with E-state index in [9.17, 15) is 4.79 Å². The van der Waals surface area contributed by atoms with E-state index in [1.807, 2.05) is 36.4 Å². The van der Waals surface area contributed by atoms with Crippen LogP contribution >= 0.6 is 11.6 Å². The number of benzene rings is 2. The predicted octanol–water partition coefficient (Wildman–Crippen LogP) is 3.14. The van der Waals surface area contributed by atoms with Crippen molar-refractivity contribution in [3.05, 3.63) is 65.2 Å². The zero-order chi connectivity index (χ0) is 13.7. The van der Waals surface area contributed by atoms with Crippen LogP contribution in [0.4, 0.5) is 5.69 Å². The van der Waals surface area contributed by atoms with Crippen LogP contribution in [0.1, 0.15) is 21.5 Å². The predicted molar refractivity (Wildman–Crippen MR) is 78.3 cm³/mol. The first-order valence-electron chi connectivity index (χ1n) is 5.99. The van der Waals surface area contributed by atoms with Crippen LogP contribution in [0.25, 0.3) is 0 Å². The first-order chi connectivity index (χ1) is 9.24. The molecule has 0 aliphatic carbocycles. The van der Waals surface area contributed by atoms with Crippen molar-refractivity contribution in [2.45, 2.75) is 12.4 Å². The first-order valence-corrected chi connectivity index (χ1v) is 6.52. The summed E-state index contributed by atoms with van der Waals surface area (Å²) in [4.78, 5) is 12.2. The van der Waals surface area contributed by atoms with Crippen molar-refractivity contribution in [3.8, 4) is 0 Å². The molecule has 0 aromatic heterocycles. The standard InChI is InChI=1S/C15H15ClN2O/c16-9-11-4-3-6-12(8-11)15(19)18-14-7-2-1-5-13(14)10-17/h1-8H,9-10,17H2,(H,18,19). The number of nitrogens with one attached hydrogen (secondary N) is 1. The van der Waals surface area contributed by atoms with E-state index in [-0.39, 0.29) is 5.91 Å². The molecule has 2 aromatic carbocycles. The summed E-state index contributed by atoms with van der Waals surface area (Å²) >= 11 is 5.76. The normalized spacial score (nSPS) is 10.2. The second kappa shape index (κ2) is 6.36. The number of halogens is 1. The van der Waals surface area contributed by atoms with Crippen LogP contribution in [0.3, 0.4) is 0 Å². The van der Waals surface area contributed by atoms with Crippen molar-refractivity contribution in [2.24, 2.45) is 5.73 Å². The van der Waals surface area contributed by atoms with Gasteiger partial charge in [0.25, 0.3) is 5.91 Å². The van der Waals surface area contributed by atoms with Crippen molar-refractivity contribution < 1.29 is 4.79 Å². The topological polar surface area (TPSA) is 55.1 Å². The molecule has 2 rings (SSSR count). The van der Waals surface area contributed by atoms with Gasteiger partial charge >= 0.3 is 0 Å². The zero-order valence-electron chi connectivity index (χ0n) is 10.4. The maximum absolute atomic E-state index is 12.2. The number of amides is 1. The van der Waals surface area contributed by atoms with Crippen LogP contribution in [0.5, 0.6) is 0 Å². The van der Waals surface area contributed by atoms with Gasteiger partial charge in [0.05, 0.1) is 0 Å². The van der Waals surface area contributed by atoms with E-state index in [1.54, 1.807) is 12.1 Å². The number of para-hydroxylation sites is 1. The molecule has 2 aromatic rings. The second-order valence-corrected chi connectivity index (χ2v) is 4.42. The fourth-order valence-corrected chi connectivity index (χ4v) is 1.98. The summed E-state index contributed by atoms with van der Waals surface area (Å²) in [5.74, 6) is 0.230. The van der Waals surface area contributed by atoms with E-state index in [2.05, 4.69) is 5.32 Å². The minimum absolute atomic E-state index is 0.159. The van der Waals surface area contributed by atoms with E-state index in [0.717, 1.165) is 16.8 Å². The molecule has 0 saturated heterocycles. The Morgan fingerprint density at radius 1 is 1.16 bits per heavy atom. The monoisotopic (exact) mass is 274 g/mol. The highest BCUT2D eigenvalue weighted by molar-refractivity contribution is 6.17. The van der Waals surface area contributed by atoms with Gasteiger partial charge in [0.2, 0.25) is 0 Å². The summed E-state index contributed by atoms with van der Waals surface area (Å²) in [6.07, 6.45) is 0. The number of hydrogen-bond acceptors (Lipinski definition) is 2. The molecule has 98 valence electrons. The highest BCUT2D eigenvalue weighted by Gasteiger charge is 2.08. The van der Waals surface area contributed by atoms with Gasteiger partial charge in [0.15, 0.2) is 0 Å². The summed E-state index contributed by atoms with van der Waals surface area (Å²) in [5.41, 5.74) is 8.80. The molecule has 19 heavy (non-hydrogen) atoms. The molecular weight excluding hydrogens is 260 g/mol. The first kappa shape index (κ1) is 13.6. The van der Waals surface area contributed by atoms with Crippen LogP contribution in [0, 0.1) is 0 Å². The van der Waals surface area contributed by atoms with Gasteiger partial charge < -0.3 is 11.1 Å². The summed E-state index contributed by atoms with van der Waals surface area (Å²) in [6, 6.07) is 14.7. The zero-order valence-corrected chi connectivity index (χ0v) is 11.2. The number of carbonyl (C=O) groups excluding carboxylic acids is 1. The van der Waals surface area contributed by atoms with Gasteiger partial charge in [-0.1, -0.05) is 30.3 Å². The number of anilines is 1. The van der Waals surface area contributed by atoms with Gasteiger partial charge in [-0.15, -0.1) is 11.6 Å². The van der Waals surface area contributed by atoms with E-state index in [0.29, 0.717) is 18.0 Å². The largest absolute Gasteiger partial charge is 0.326 e. The molecule has 0 unspecified atom stereocenters. The number of alkyl halides is 1. The molecule has 3 nitrogen and oxygen atoms in total. The van der Waals surface area contributed by atoms with Crippen molar-refractivity contribution >= 4 is 23.2 Å². The van der Waals surface area contributed by atoms with Gasteiger partial charge in [-0.05, 0) is 29.3 Å². The fourth-order valence-electron chi connectivity index (χ4n) is 1.81. The van der Waals surface area contributed by atoms with Crippen molar-refractivity contribution in [1.29, 1.82) is 0 Å². The number of nitrogens with two attached hydrogens (primary N) is 1. The van der Waals surface area contributed by atoms with Gasteiger partial charge in [-0.2, -0.15) is 0 Å².